The Bertz CT molecular complexity index is 1210. The number of amides is 1. The summed E-state index contributed by atoms with van der Waals surface area (Å²) < 4.78 is 16.7. The maximum Gasteiger partial charge on any atom is 0.305 e. The number of unbranched alkanes of at least 4 members (excludes halogenated alkanes) is 29. The first-order chi connectivity index (χ1) is 32.7. The van der Waals surface area contributed by atoms with Gasteiger partial charge in [-0.25, -0.2) is 0 Å². The number of esters is 1. The molecule has 6 N–H and O–H groups in total. The second-order valence-corrected chi connectivity index (χ2v) is 19.3. The van der Waals surface area contributed by atoms with Gasteiger partial charge in [0.25, 0.3) is 0 Å². The van der Waals surface area contributed by atoms with Crippen molar-refractivity contribution in [3.63, 3.8) is 0 Å². The molecule has 7 unspecified atom stereocenters. The second-order valence-electron chi connectivity index (χ2n) is 19.3. The van der Waals surface area contributed by atoms with Crippen molar-refractivity contribution in [2.45, 2.75) is 288 Å². The first-order valence-corrected chi connectivity index (χ1v) is 27.8. The Balaban J connectivity index is 2.08. The van der Waals surface area contributed by atoms with Crippen LogP contribution in [0.25, 0.3) is 0 Å². The molecule has 11 heteroatoms. The molecule has 1 fully saturated rings. The maximum absolute atomic E-state index is 13.0. The summed E-state index contributed by atoms with van der Waals surface area (Å²) in [5, 5.41) is 54.1. The average molecular weight is 950 g/mol. The van der Waals surface area contributed by atoms with Crippen molar-refractivity contribution in [2.75, 3.05) is 19.8 Å². The van der Waals surface area contributed by atoms with E-state index < -0.39 is 49.5 Å². The molecule has 1 aliphatic rings. The van der Waals surface area contributed by atoms with Gasteiger partial charge in [-0.3, -0.25) is 9.59 Å². The predicted octanol–water partition coefficient (Wildman–Crippen LogP) is 11.9. The molecule has 0 bridgehead atoms. The van der Waals surface area contributed by atoms with E-state index in [0.717, 1.165) is 77.0 Å². The standard InChI is InChI=1S/C56H103NO10/c1-3-5-7-9-11-13-14-15-16-17-18-19-20-24-28-32-36-40-44-52(61)65-45-41-37-33-29-25-22-21-23-27-31-35-39-43-51(60)57-48(49(59)42-38-34-30-26-12-10-8-6-4-2)47-66-56-55(64)54(63)53(62)50(46-58)67-56/h13-14,16-17,38,42,48-50,53-56,58-59,62-64H,3-12,15,18-37,39-41,43-47H2,1-2H3,(H,57,60)/b14-13-,17-16-,42-38+. The zero-order valence-electron chi connectivity index (χ0n) is 42.9. The highest BCUT2D eigenvalue weighted by molar-refractivity contribution is 5.76. The molecule has 11 nitrogen and oxygen atoms in total. The quantitative estimate of drug-likeness (QED) is 0.0196. The lowest BCUT2D eigenvalue weighted by Crippen LogP contribution is -2.60. The lowest BCUT2D eigenvalue weighted by atomic mass is 9.99. The van der Waals surface area contributed by atoms with Crippen LogP contribution < -0.4 is 5.32 Å². The molecule has 67 heavy (non-hydrogen) atoms. The molecular formula is C56H103NO10. The highest BCUT2D eigenvalue weighted by Crippen LogP contribution is 2.23. The number of carbonyl (C=O) groups excluding carboxylic acids is 2. The molecule has 0 radical (unpaired) electrons. The first kappa shape index (κ1) is 62.9. The normalized spacial score (nSPS) is 19.8. The second kappa shape index (κ2) is 46.3. The fourth-order valence-corrected chi connectivity index (χ4v) is 8.52. The van der Waals surface area contributed by atoms with Gasteiger partial charge >= 0.3 is 5.97 Å². The Morgan fingerprint density at radius 2 is 1.00 bits per heavy atom. The highest BCUT2D eigenvalue weighted by Gasteiger charge is 2.44. The number of nitrogens with one attached hydrogen (secondary N) is 1. The SMILES string of the molecule is CCCCCC/C=C\C/C=C\CCCCCCCCCC(=O)OCCCCCCCCCCCCCCC(=O)NC(COC1OC(CO)C(O)C(O)C1O)C(O)/C=C/CCCCCCCCC. The third kappa shape index (κ3) is 36.5. The van der Waals surface area contributed by atoms with E-state index in [4.69, 9.17) is 14.2 Å². The minimum atomic E-state index is -1.58. The van der Waals surface area contributed by atoms with E-state index in [2.05, 4.69) is 43.5 Å². The van der Waals surface area contributed by atoms with Crippen LogP contribution in [-0.2, 0) is 23.8 Å². The largest absolute Gasteiger partial charge is 0.466 e. The summed E-state index contributed by atoms with van der Waals surface area (Å²) in [5.41, 5.74) is 0. The van der Waals surface area contributed by atoms with E-state index in [0.29, 0.717) is 19.4 Å². The molecule has 7 atom stereocenters. The molecule has 0 aliphatic carbocycles. The van der Waals surface area contributed by atoms with Gasteiger partial charge in [0, 0.05) is 12.8 Å². The third-order valence-electron chi connectivity index (χ3n) is 13.0. The molecule has 0 saturated carbocycles. The van der Waals surface area contributed by atoms with Gasteiger partial charge in [0.15, 0.2) is 6.29 Å². The Kier molecular flexibility index (Phi) is 43.4. The number of allylic oxidation sites excluding steroid dienone is 5. The van der Waals surface area contributed by atoms with Crippen molar-refractivity contribution in [3.8, 4) is 0 Å². The monoisotopic (exact) mass is 950 g/mol. The van der Waals surface area contributed by atoms with Crippen LogP contribution in [-0.4, -0.2) is 100 Å². The first-order valence-electron chi connectivity index (χ1n) is 27.8. The number of ether oxygens (including phenoxy) is 3. The van der Waals surface area contributed by atoms with E-state index in [9.17, 15) is 35.1 Å². The molecule has 1 amide bonds. The van der Waals surface area contributed by atoms with Crippen molar-refractivity contribution < 1.29 is 49.3 Å². The fraction of sp³-hybridized carbons (Fsp3) is 0.857. The lowest BCUT2D eigenvalue weighted by molar-refractivity contribution is -0.302. The Labute approximate surface area is 409 Å². The summed E-state index contributed by atoms with van der Waals surface area (Å²) >= 11 is 0. The minimum absolute atomic E-state index is 0.0412. The average Bonchev–Trinajstić information content (AvgIpc) is 3.32. The summed E-state index contributed by atoms with van der Waals surface area (Å²) in [6.45, 7) is 4.23. The van der Waals surface area contributed by atoms with Gasteiger partial charge in [-0.15, -0.1) is 0 Å². The molecule has 1 aliphatic heterocycles. The Morgan fingerprint density at radius 1 is 0.552 bits per heavy atom. The van der Waals surface area contributed by atoms with Gasteiger partial charge in [-0.05, 0) is 64.2 Å². The summed E-state index contributed by atoms with van der Waals surface area (Å²) in [6.07, 6.45) is 45.1. The topological polar surface area (TPSA) is 175 Å². The van der Waals surface area contributed by atoms with E-state index in [1.165, 1.54) is 141 Å². The number of rotatable bonds is 47. The molecular weight excluding hydrogens is 847 g/mol. The number of aliphatic hydroxyl groups excluding tert-OH is 5. The van der Waals surface area contributed by atoms with Gasteiger partial charge in [0.2, 0.25) is 5.91 Å². The fourth-order valence-electron chi connectivity index (χ4n) is 8.52. The number of hydrogen-bond acceptors (Lipinski definition) is 10. The van der Waals surface area contributed by atoms with Crippen molar-refractivity contribution in [1.29, 1.82) is 0 Å². The summed E-state index contributed by atoms with van der Waals surface area (Å²) in [6, 6.07) is -0.821. The van der Waals surface area contributed by atoms with Crippen LogP contribution in [0.4, 0.5) is 0 Å². The van der Waals surface area contributed by atoms with Crippen molar-refractivity contribution in [3.05, 3.63) is 36.5 Å². The highest BCUT2D eigenvalue weighted by atomic mass is 16.7. The number of hydrogen-bond donors (Lipinski definition) is 6. The van der Waals surface area contributed by atoms with Crippen molar-refractivity contribution in [2.24, 2.45) is 0 Å². The van der Waals surface area contributed by atoms with E-state index in [1.54, 1.807) is 6.08 Å². The zero-order valence-corrected chi connectivity index (χ0v) is 42.9. The van der Waals surface area contributed by atoms with Crippen LogP contribution in [0, 0.1) is 0 Å². The van der Waals surface area contributed by atoms with E-state index in [1.807, 2.05) is 6.08 Å². The molecule has 0 aromatic carbocycles. The minimum Gasteiger partial charge on any atom is -0.466 e. The van der Waals surface area contributed by atoms with Crippen LogP contribution in [0.15, 0.2) is 36.5 Å². The molecule has 0 aromatic rings. The predicted molar refractivity (Wildman–Crippen MR) is 274 cm³/mol. The Morgan fingerprint density at radius 3 is 1.52 bits per heavy atom. The van der Waals surface area contributed by atoms with E-state index >= 15 is 0 Å². The van der Waals surface area contributed by atoms with Gasteiger partial charge in [-0.1, -0.05) is 204 Å². The number of carbonyl (C=O) groups is 2. The van der Waals surface area contributed by atoms with Gasteiger partial charge in [0.1, 0.15) is 24.4 Å². The lowest BCUT2D eigenvalue weighted by Gasteiger charge is -2.40. The van der Waals surface area contributed by atoms with Crippen LogP contribution in [0.5, 0.6) is 0 Å². The van der Waals surface area contributed by atoms with Crippen LogP contribution in [0.2, 0.25) is 0 Å². The van der Waals surface area contributed by atoms with E-state index in [-0.39, 0.29) is 18.5 Å². The molecule has 1 heterocycles. The Hall–Kier alpha value is -2.12. The maximum atomic E-state index is 13.0. The van der Waals surface area contributed by atoms with Gasteiger partial charge in [0.05, 0.1) is 32.0 Å². The number of aliphatic hydroxyl groups is 5. The van der Waals surface area contributed by atoms with Gasteiger partial charge < -0.3 is 45.1 Å². The summed E-state index contributed by atoms with van der Waals surface area (Å²) in [7, 11) is 0. The molecule has 1 saturated heterocycles. The molecule has 0 aromatic heterocycles. The van der Waals surface area contributed by atoms with Crippen LogP contribution in [0.3, 0.4) is 0 Å². The van der Waals surface area contributed by atoms with Crippen LogP contribution >= 0.6 is 0 Å². The van der Waals surface area contributed by atoms with Gasteiger partial charge in [-0.2, -0.15) is 0 Å². The van der Waals surface area contributed by atoms with Crippen molar-refractivity contribution in [1.82, 2.24) is 5.32 Å². The summed E-state index contributed by atoms with van der Waals surface area (Å²) in [4.78, 5) is 25.1. The zero-order chi connectivity index (χ0) is 48.8. The molecule has 392 valence electrons. The van der Waals surface area contributed by atoms with Crippen molar-refractivity contribution >= 4 is 11.9 Å². The summed E-state index contributed by atoms with van der Waals surface area (Å²) in [5.74, 6) is -0.242. The molecule has 0 spiro atoms. The third-order valence-corrected chi connectivity index (χ3v) is 13.0. The van der Waals surface area contributed by atoms with Crippen LogP contribution in [0.1, 0.15) is 245 Å². The molecule has 1 rings (SSSR count). The smallest absolute Gasteiger partial charge is 0.305 e.